The highest BCUT2D eigenvalue weighted by molar-refractivity contribution is 6.04. The first-order valence-electron chi connectivity index (χ1n) is 12.2. The number of fused-ring (bicyclic) bond motifs is 2. The molecule has 1 aliphatic heterocycles. The summed E-state index contributed by atoms with van der Waals surface area (Å²) in [6.07, 6.45) is -4.08. The van der Waals surface area contributed by atoms with Crippen LogP contribution in [0.4, 0.5) is 22.0 Å². The molecule has 2 unspecified atom stereocenters. The lowest BCUT2D eigenvalue weighted by Gasteiger charge is -2.22. The van der Waals surface area contributed by atoms with Crippen LogP contribution in [0, 0.1) is 5.92 Å². The van der Waals surface area contributed by atoms with Crippen molar-refractivity contribution in [3.05, 3.63) is 95.6 Å². The average molecular weight is 524 g/mol. The number of piperidine rings is 1. The largest absolute Gasteiger partial charge is 0.478 e. The summed E-state index contributed by atoms with van der Waals surface area (Å²) in [5.74, 6) is -4.61. The smallest absolute Gasteiger partial charge is 0.416 e. The van der Waals surface area contributed by atoms with Gasteiger partial charge in [-0.15, -0.1) is 0 Å². The van der Waals surface area contributed by atoms with E-state index in [1.54, 1.807) is 48.5 Å². The van der Waals surface area contributed by atoms with Gasteiger partial charge in [-0.3, -0.25) is 0 Å². The van der Waals surface area contributed by atoms with Crippen molar-refractivity contribution < 1.29 is 31.9 Å². The van der Waals surface area contributed by atoms with Crippen LogP contribution in [0.1, 0.15) is 27.9 Å². The molecular weight excluding hydrogens is 501 g/mol. The molecule has 0 amide bonds. The van der Waals surface area contributed by atoms with Crippen LogP contribution in [0.15, 0.2) is 78.9 Å². The molecule has 0 spiro atoms. The lowest BCUT2D eigenvalue weighted by molar-refractivity contribution is -0.137. The molecule has 2 fully saturated rings. The molecule has 1 saturated carbocycles. The van der Waals surface area contributed by atoms with Gasteiger partial charge < -0.3 is 10.4 Å². The van der Waals surface area contributed by atoms with E-state index in [9.17, 15) is 31.9 Å². The number of nitrogens with one attached hydrogen (secondary N) is 1. The molecule has 0 aromatic heterocycles. The predicted molar refractivity (Wildman–Crippen MR) is 134 cm³/mol. The molecule has 4 aromatic rings. The van der Waals surface area contributed by atoms with E-state index in [1.165, 1.54) is 18.2 Å². The van der Waals surface area contributed by atoms with Crippen LogP contribution in [0.5, 0.6) is 0 Å². The molecule has 194 valence electrons. The van der Waals surface area contributed by atoms with E-state index in [0.29, 0.717) is 46.2 Å². The number of hydrogen-bond donors (Lipinski definition) is 2. The van der Waals surface area contributed by atoms with E-state index in [1.807, 2.05) is 0 Å². The van der Waals surface area contributed by atoms with Crippen molar-refractivity contribution in [3.63, 3.8) is 0 Å². The van der Waals surface area contributed by atoms with Gasteiger partial charge in [-0.1, -0.05) is 48.5 Å². The zero-order valence-corrected chi connectivity index (χ0v) is 19.9. The molecule has 0 bridgehead atoms. The van der Waals surface area contributed by atoms with Gasteiger partial charge in [-0.25, -0.2) is 13.6 Å². The van der Waals surface area contributed by atoms with Crippen LogP contribution < -0.4 is 5.32 Å². The number of carboxylic acid groups (broad SMARTS) is 1. The van der Waals surface area contributed by atoms with E-state index >= 15 is 0 Å². The Balaban J connectivity index is 1.40. The molecule has 0 radical (unpaired) electrons. The van der Waals surface area contributed by atoms with Gasteiger partial charge in [0.25, 0.3) is 5.92 Å². The molecule has 38 heavy (non-hydrogen) atoms. The van der Waals surface area contributed by atoms with Crippen LogP contribution in [0.3, 0.4) is 0 Å². The minimum absolute atomic E-state index is 0.0480. The zero-order chi connectivity index (χ0) is 26.9. The number of hydrogen-bond acceptors (Lipinski definition) is 2. The SMILES string of the molecule is O=C(O)c1cc(-c2ccc(C34CCNCC3C4(F)F)cc2)c2ccc(-c3ccc(C(F)(F)F)cc3)cc2c1. The monoisotopic (exact) mass is 523 g/mol. The highest BCUT2D eigenvalue weighted by atomic mass is 19.4. The number of carbonyl (C=O) groups is 1. The minimum atomic E-state index is -4.44. The minimum Gasteiger partial charge on any atom is -0.478 e. The second-order valence-electron chi connectivity index (χ2n) is 10.0. The summed E-state index contributed by atoms with van der Waals surface area (Å²) >= 11 is 0. The Labute approximate surface area is 214 Å². The van der Waals surface area contributed by atoms with E-state index in [2.05, 4.69) is 5.32 Å². The lowest BCUT2D eigenvalue weighted by Crippen LogP contribution is -2.31. The molecule has 2 aliphatic rings. The highest BCUT2D eigenvalue weighted by Crippen LogP contribution is 2.69. The Morgan fingerprint density at radius 2 is 1.53 bits per heavy atom. The number of aromatic carboxylic acids is 1. The summed E-state index contributed by atoms with van der Waals surface area (Å²) in [6.45, 7) is 0.807. The fourth-order valence-electron chi connectivity index (χ4n) is 5.96. The lowest BCUT2D eigenvalue weighted by atomic mass is 9.86. The number of benzene rings is 4. The van der Waals surface area contributed by atoms with Crippen LogP contribution >= 0.6 is 0 Å². The van der Waals surface area contributed by atoms with E-state index in [4.69, 9.17) is 0 Å². The van der Waals surface area contributed by atoms with E-state index in [0.717, 1.165) is 17.5 Å². The molecule has 2 N–H and O–H groups in total. The van der Waals surface area contributed by atoms with E-state index in [-0.39, 0.29) is 12.1 Å². The zero-order valence-electron chi connectivity index (χ0n) is 19.9. The number of halogens is 5. The van der Waals surface area contributed by atoms with Crippen molar-refractivity contribution in [1.29, 1.82) is 0 Å². The second kappa shape index (κ2) is 8.36. The van der Waals surface area contributed by atoms with Gasteiger partial charge in [0.1, 0.15) is 0 Å². The third kappa shape index (κ3) is 3.69. The van der Waals surface area contributed by atoms with Gasteiger partial charge in [0, 0.05) is 6.54 Å². The Hall–Kier alpha value is -3.78. The molecule has 2 atom stereocenters. The quantitative estimate of drug-likeness (QED) is 0.274. The Morgan fingerprint density at radius 3 is 2.16 bits per heavy atom. The average Bonchev–Trinajstić information content (AvgIpc) is 3.43. The molecule has 4 aromatic carbocycles. The molecule has 1 saturated heterocycles. The highest BCUT2D eigenvalue weighted by Gasteiger charge is 2.80. The first kappa shape index (κ1) is 24.6. The first-order valence-corrected chi connectivity index (χ1v) is 12.2. The summed E-state index contributed by atoms with van der Waals surface area (Å²) in [5, 5.41) is 14.1. The third-order valence-corrected chi connectivity index (χ3v) is 8.04. The molecule has 1 aliphatic carbocycles. The fraction of sp³-hybridized carbons (Fsp3) is 0.233. The summed E-state index contributed by atoms with van der Waals surface area (Å²) in [4.78, 5) is 11.9. The normalized spacial score (nSPS) is 22.2. The predicted octanol–water partition coefficient (Wildman–Crippen LogP) is 7.39. The summed E-state index contributed by atoms with van der Waals surface area (Å²) < 4.78 is 68.3. The standard InChI is InChI=1S/C30H22F5NO2/c31-29(32)26-16-36-12-11-28(26,29)22-6-3-18(4-7-22)25-15-21(27(37)38)14-20-13-19(5-10-24(20)25)17-1-8-23(9-2-17)30(33,34)35/h1-10,13-15,26,36H,11-12,16H2,(H,37,38). The van der Waals surface area contributed by atoms with Gasteiger partial charge in [0.15, 0.2) is 0 Å². The number of rotatable bonds is 4. The summed E-state index contributed by atoms with van der Waals surface area (Å²) in [5.41, 5.74) is 1.25. The maximum Gasteiger partial charge on any atom is 0.416 e. The van der Waals surface area contributed by atoms with Gasteiger partial charge in [0.05, 0.1) is 22.5 Å². The van der Waals surface area contributed by atoms with Gasteiger partial charge in [-0.05, 0) is 81.9 Å². The van der Waals surface area contributed by atoms with E-state index < -0.39 is 35.0 Å². The van der Waals surface area contributed by atoms with Gasteiger partial charge in [0.2, 0.25) is 0 Å². The maximum absolute atomic E-state index is 14.7. The molecule has 6 rings (SSSR count). The van der Waals surface area contributed by atoms with Crippen molar-refractivity contribution in [2.24, 2.45) is 5.92 Å². The molecule has 1 heterocycles. The number of alkyl halides is 5. The van der Waals surface area contributed by atoms with Crippen molar-refractivity contribution >= 4 is 16.7 Å². The van der Waals surface area contributed by atoms with Crippen molar-refractivity contribution in [2.75, 3.05) is 13.1 Å². The third-order valence-electron chi connectivity index (χ3n) is 8.04. The second-order valence-corrected chi connectivity index (χ2v) is 10.0. The van der Waals surface area contributed by atoms with Crippen LogP contribution in [-0.2, 0) is 11.6 Å². The van der Waals surface area contributed by atoms with Crippen LogP contribution in [0.25, 0.3) is 33.0 Å². The summed E-state index contributed by atoms with van der Waals surface area (Å²) in [6, 6.07) is 20.1. The Bertz CT molecular complexity index is 1560. The Kier molecular flexibility index (Phi) is 5.40. The maximum atomic E-state index is 14.7. The Morgan fingerprint density at radius 1 is 0.868 bits per heavy atom. The molecular formula is C30H22F5NO2. The first-order chi connectivity index (χ1) is 18.0. The topological polar surface area (TPSA) is 49.3 Å². The fourth-order valence-corrected chi connectivity index (χ4v) is 5.96. The van der Waals surface area contributed by atoms with Gasteiger partial charge in [-0.2, -0.15) is 13.2 Å². The van der Waals surface area contributed by atoms with Gasteiger partial charge >= 0.3 is 12.1 Å². The number of carboxylic acids is 1. The summed E-state index contributed by atoms with van der Waals surface area (Å²) in [7, 11) is 0. The van der Waals surface area contributed by atoms with Crippen molar-refractivity contribution in [1.82, 2.24) is 5.32 Å². The molecule has 3 nitrogen and oxygen atoms in total. The van der Waals surface area contributed by atoms with Crippen molar-refractivity contribution in [2.45, 2.75) is 23.9 Å². The van der Waals surface area contributed by atoms with Crippen LogP contribution in [0.2, 0.25) is 0 Å². The van der Waals surface area contributed by atoms with Crippen molar-refractivity contribution in [3.8, 4) is 22.3 Å². The van der Waals surface area contributed by atoms with Crippen LogP contribution in [-0.4, -0.2) is 30.1 Å². The molecule has 8 heteroatoms.